The Balaban J connectivity index is 4.94. The predicted octanol–water partition coefficient (Wildman–Crippen LogP) is 0.889. The highest BCUT2D eigenvalue weighted by Crippen LogP contribution is 2.50. The summed E-state index contributed by atoms with van der Waals surface area (Å²) in [7, 11) is -4.32. The van der Waals surface area contributed by atoms with Crippen LogP contribution in [0.2, 0.25) is 0 Å². The molecular weight excluding hydrogens is 299 g/mol. The third-order valence-electron chi connectivity index (χ3n) is 2.81. The SMILES string of the molecule is CC(=O)NC(C(C)C)P(=O)(O)O[C@H](CCCCN)C(=O)O. The number of unbranched alkanes of at least 4 members (excludes halogenated alkanes) is 1. The quantitative estimate of drug-likeness (QED) is 0.345. The Bertz CT molecular complexity index is 401. The number of amides is 1. The van der Waals surface area contributed by atoms with Crippen LogP contribution in [0.5, 0.6) is 0 Å². The highest BCUT2D eigenvalue weighted by molar-refractivity contribution is 7.53. The van der Waals surface area contributed by atoms with Gasteiger partial charge in [0.1, 0.15) is 5.78 Å². The molecule has 0 heterocycles. The molecule has 3 atom stereocenters. The summed E-state index contributed by atoms with van der Waals surface area (Å²) >= 11 is 0. The van der Waals surface area contributed by atoms with E-state index in [0.717, 1.165) is 0 Å². The van der Waals surface area contributed by atoms with Gasteiger partial charge in [-0.05, 0) is 31.7 Å². The van der Waals surface area contributed by atoms with Crippen LogP contribution in [-0.2, 0) is 18.7 Å². The van der Waals surface area contributed by atoms with Gasteiger partial charge in [0.05, 0.1) is 0 Å². The first-order chi connectivity index (χ1) is 9.61. The molecule has 8 nitrogen and oxygen atoms in total. The van der Waals surface area contributed by atoms with Crippen LogP contribution in [-0.4, -0.2) is 40.3 Å². The number of hydrogen-bond donors (Lipinski definition) is 4. The van der Waals surface area contributed by atoms with E-state index in [1.807, 2.05) is 0 Å². The molecule has 9 heteroatoms. The van der Waals surface area contributed by atoms with E-state index in [1.54, 1.807) is 13.8 Å². The molecule has 0 fully saturated rings. The zero-order valence-corrected chi connectivity index (χ0v) is 13.5. The number of nitrogens with two attached hydrogens (primary N) is 1. The summed E-state index contributed by atoms with van der Waals surface area (Å²) in [4.78, 5) is 32.2. The summed E-state index contributed by atoms with van der Waals surface area (Å²) in [6.45, 7) is 4.89. The van der Waals surface area contributed by atoms with E-state index in [0.29, 0.717) is 19.4 Å². The Morgan fingerprint density at radius 2 is 1.90 bits per heavy atom. The Labute approximate surface area is 124 Å². The van der Waals surface area contributed by atoms with Gasteiger partial charge in [0.2, 0.25) is 5.91 Å². The number of rotatable bonds is 10. The molecule has 21 heavy (non-hydrogen) atoms. The van der Waals surface area contributed by atoms with E-state index in [9.17, 15) is 19.0 Å². The monoisotopic (exact) mass is 324 g/mol. The lowest BCUT2D eigenvalue weighted by Gasteiger charge is -2.28. The van der Waals surface area contributed by atoms with Gasteiger partial charge in [0, 0.05) is 6.92 Å². The standard InChI is InChI=1S/C12H25N2O6P/c1-8(2)11(14-9(3)15)21(18,19)20-10(12(16)17)6-4-5-7-13/h8,10-11H,4-7,13H2,1-3H3,(H,14,15)(H,16,17)(H,18,19)/t10-,11?/m1/s1. The molecule has 0 rings (SSSR count). The Kier molecular flexibility index (Phi) is 8.73. The normalized spacial score (nSPS) is 17.0. The zero-order valence-electron chi connectivity index (χ0n) is 12.6. The minimum Gasteiger partial charge on any atom is -0.479 e. The van der Waals surface area contributed by atoms with Crippen molar-refractivity contribution in [1.29, 1.82) is 0 Å². The molecule has 0 aliphatic heterocycles. The average molecular weight is 324 g/mol. The summed E-state index contributed by atoms with van der Waals surface area (Å²) in [6, 6.07) is 0. The van der Waals surface area contributed by atoms with Crippen LogP contribution in [0.15, 0.2) is 0 Å². The summed E-state index contributed by atoms with van der Waals surface area (Å²) in [5.74, 6) is -3.33. The summed E-state index contributed by atoms with van der Waals surface area (Å²) in [6.07, 6.45) is -0.244. The van der Waals surface area contributed by atoms with Gasteiger partial charge >= 0.3 is 13.6 Å². The number of aliphatic carboxylic acids is 1. The zero-order chi connectivity index (χ0) is 16.6. The molecule has 0 aromatic heterocycles. The van der Waals surface area contributed by atoms with Crippen molar-refractivity contribution < 1.29 is 28.7 Å². The van der Waals surface area contributed by atoms with Crippen LogP contribution in [0.3, 0.4) is 0 Å². The number of carboxylic acids is 1. The lowest BCUT2D eigenvalue weighted by atomic mass is 10.1. The van der Waals surface area contributed by atoms with Gasteiger partial charge in [-0.1, -0.05) is 13.8 Å². The van der Waals surface area contributed by atoms with E-state index >= 15 is 0 Å². The minimum absolute atomic E-state index is 0.0853. The molecule has 0 bridgehead atoms. The van der Waals surface area contributed by atoms with Gasteiger partial charge in [-0.15, -0.1) is 0 Å². The number of hydrogen-bond acceptors (Lipinski definition) is 5. The van der Waals surface area contributed by atoms with Gasteiger partial charge in [-0.2, -0.15) is 0 Å². The molecule has 124 valence electrons. The van der Waals surface area contributed by atoms with Crippen molar-refractivity contribution in [2.24, 2.45) is 11.7 Å². The molecule has 0 saturated heterocycles. The van der Waals surface area contributed by atoms with Crippen molar-refractivity contribution in [1.82, 2.24) is 5.32 Å². The van der Waals surface area contributed by atoms with Crippen LogP contribution in [0.1, 0.15) is 40.0 Å². The van der Waals surface area contributed by atoms with Gasteiger partial charge in [0.25, 0.3) is 0 Å². The molecule has 0 aromatic rings. The maximum Gasteiger partial charge on any atom is 0.351 e. The molecule has 0 radical (unpaired) electrons. The number of carboxylic acid groups (broad SMARTS) is 1. The Morgan fingerprint density at radius 3 is 2.29 bits per heavy atom. The minimum atomic E-state index is -4.32. The van der Waals surface area contributed by atoms with Gasteiger partial charge in [0.15, 0.2) is 6.10 Å². The highest BCUT2D eigenvalue weighted by atomic mass is 31.2. The number of carbonyl (C=O) groups is 2. The van der Waals surface area contributed by atoms with Crippen molar-refractivity contribution in [3.05, 3.63) is 0 Å². The van der Waals surface area contributed by atoms with E-state index in [-0.39, 0.29) is 12.3 Å². The van der Waals surface area contributed by atoms with Crippen LogP contribution >= 0.6 is 7.60 Å². The third-order valence-corrected chi connectivity index (χ3v) is 4.79. The maximum absolute atomic E-state index is 12.3. The molecular formula is C12H25N2O6P. The van der Waals surface area contributed by atoms with Crippen molar-refractivity contribution >= 4 is 19.5 Å². The number of carbonyl (C=O) groups excluding carboxylic acids is 1. The van der Waals surface area contributed by atoms with Crippen molar-refractivity contribution in [2.45, 2.75) is 51.9 Å². The fourth-order valence-corrected chi connectivity index (χ4v) is 3.57. The van der Waals surface area contributed by atoms with Gasteiger partial charge < -0.3 is 21.1 Å². The maximum atomic E-state index is 12.3. The van der Waals surface area contributed by atoms with Crippen LogP contribution in [0.25, 0.3) is 0 Å². The first-order valence-corrected chi connectivity index (χ1v) is 8.47. The van der Waals surface area contributed by atoms with Crippen LogP contribution in [0, 0.1) is 5.92 Å². The third kappa shape index (κ3) is 7.57. The Morgan fingerprint density at radius 1 is 1.33 bits per heavy atom. The van der Waals surface area contributed by atoms with Gasteiger partial charge in [-0.3, -0.25) is 13.9 Å². The predicted molar refractivity (Wildman–Crippen MR) is 77.7 cm³/mol. The average Bonchev–Trinajstić information content (AvgIpc) is 2.34. The molecule has 1 amide bonds. The van der Waals surface area contributed by atoms with E-state index in [1.165, 1.54) is 6.92 Å². The lowest BCUT2D eigenvalue weighted by Crippen LogP contribution is -2.39. The first kappa shape index (κ1) is 20.1. The van der Waals surface area contributed by atoms with Gasteiger partial charge in [-0.25, -0.2) is 4.79 Å². The smallest absolute Gasteiger partial charge is 0.351 e. The summed E-state index contributed by atoms with van der Waals surface area (Å²) in [5.41, 5.74) is 5.32. The highest BCUT2D eigenvalue weighted by Gasteiger charge is 2.39. The largest absolute Gasteiger partial charge is 0.479 e. The fraction of sp³-hybridized carbons (Fsp3) is 0.833. The number of nitrogens with one attached hydrogen (secondary N) is 1. The van der Waals surface area contributed by atoms with Crippen molar-refractivity contribution in [3.63, 3.8) is 0 Å². The Hall–Kier alpha value is -0.950. The molecule has 0 saturated carbocycles. The van der Waals surface area contributed by atoms with Crippen molar-refractivity contribution in [2.75, 3.05) is 6.54 Å². The molecule has 0 aromatic carbocycles. The molecule has 0 aliphatic carbocycles. The van der Waals surface area contributed by atoms with E-state index in [4.69, 9.17) is 15.4 Å². The lowest BCUT2D eigenvalue weighted by molar-refractivity contribution is -0.145. The molecule has 2 unspecified atom stereocenters. The molecule has 5 N–H and O–H groups in total. The van der Waals surface area contributed by atoms with E-state index in [2.05, 4.69) is 5.32 Å². The molecule has 0 aliphatic rings. The second-order valence-electron chi connectivity index (χ2n) is 5.17. The second-order valence-corrected chi connectivity index (χ2v) is 7.07. The van der Waals surface area contributed by atoms with Crippen LogP contribution in [0.4, 0.5) is 0 Å². The fourth-order valence-electron chi connectivity index (χ4n) is 1.78. The van der Waals surface area contributed by atoms with E-state index < -0.39 is 31.4 Å². The topological polar surface area (TPSA) is 139 Å². The second kappa shape index (κ2) is 9.15. The summed E-state index contributed by atoms with van der Waals surface area (Å²) < 4.78 is 17.2. The first-order valence-electron chi connectivity index (χ1n) is 6.82. The van der Waals surface area contributed by atoms with Crippen molar-refractivity contribution in [3.8, 4) is 0 Å². The molecule has 0 spiro atoms. The summed E-state index contributed by atoms with van der Waals surface area (Å²) in [5, 5.41) is 11.4. The van der Waals surface area contributed by atoms with Crippen LogP contribution < -0.4 is 11.1 Å².